The Morgan fingerprint density at radius 2 is 2.04 bits per heavy atom. The van der Waals surface area contributed by atoms with Crippen molar-refractivity contribution in [3.05, 3.63) is 48.4 Å². The van der Waals surface area contributed by atoms with Crippen LogP contribution in [0.1, 0.15) is 18.6 Å². The van der Waals surface area contributed by atoms with Crippen LogP contribution in [0.25, 0.3) is 11.1 Å². The van der Waals surface area contributed by atoms with Gasteiger partial charge in [0.05, 0.1) is 12.8 Å². The molecular weight excluding hydrogens is 306 g/mol. The molecule has 1 aliphatic heterocycles. The first-order valence-corrected chi connectivity index (χ1v) is 8.20. The largest absolute Gasteiger partial charge is 0.467 e. The van der Waals surface area contributed by atoms with Crippen LogP contribution in [0.3, 0.4) is 0 Å². The molecule has 3 aromatic rings. The lowest BCUT2D eigenvalue weighted by Gasteiger charge is -2.30. The molecule has 0 spiro atoms. The van der Waals surface area contributed by atoms with E-state index in [-0.39, 0.29) is 11.8 Å². The van der Waals surface area contributed by atoms with Crippen LogP contribution in [-0.4, -0.2) is 24.0 Å². The van der Waals surface area contributed by atoms with Crippen LogP contribution in [-0.2, 0) is 11.3 Å². The third-order valence-electron chi connectivity index (χ3n) is 4.44. The van der Waals surface area contributed by atoms with Gasteiger partial charge in [0, 0.05) is 19.0 Å². The molecule has 1 fully saturated rings. The first kappa shape index (κ1) is 14.8. The standard InChI is InChI=1S/C18H19N3O3/c22-17(19-12-14-4-3-11-23-14)13-7-9-21(10-8-13)18-20-15-5-1-2-6-16(15)24-18/h1-6,11,13H,7-10,12H2,(H,19,22). The van der Waals surface area contributed by atoms with Crippen molar-refractivity contribution in [3.8, 4) is 0 Å². The quantitative estimate of drug-likeness (QED) is 0.798. The predicted octanol–water partition coefficient (Wildman–Crippen LogP) is 2.95. The molecule has 4 rings (SSSR count). The normalized spacial score (nSPS) is 15.8. The first-order valence-electron chi connectivity index (χ1n) is 8.20. The second-order valence-electron chi connectivity index (χ2n) is 6.02. The molecule has 1 saturated heterocycles. The van der Waals surface area contributed by atoms with Crippen molar-refractivity contribution in [2.24, 2.45) is 5.92 Å². The molecule has 0 saturated carbocycles. The molecule has 1 aromatic carbocycles. The number of benzene rings is 1. The highest BCUT2D eigenvalue weighted by molar-refractivity contribution is 5.79. The lowest BCUT2D eigenvalue weighted by molar-refractivity contribution is -0.125. The Hall–Kier alpha value is -2.76. The van der Waals surface area contributed by atoms with Crippen molar-refractivity contribution in [1.82, 2.24) is 10.3 Å². The first-order chi connectivity index (χ1) is 11.8. The van der Waals surface area contributed by atoms with Gasteiger partial charge in [0.25, 0.3) is 6.01 Å². The Morgan fingerprint density at radius 1 is 1.21 bits per heavy atom. The van der Waals surface area contributed by atoms with Gasteiger partial charge in [-0.2, -0.15) is 4.98 Å². The number of hydrogen-bond donors (Lipinski definition) is 1. The maximum atomic E-state index is 12.3. The molecule has 0 unspecified atom stereocenters. The number of amides is 1. The maximum absolute atomic E-state index is 12.3. The minimum absolute atomic E-state index is 0.0283. The summed E-state index contributed by atoms with van der Waals surface area (Å²) < 4.78 is 11.0. The van der Waals surface area contributed by atoms with E-state index in [0.29, 0.717) is 12.6 Å². The number of oxazole rings is 1. The highest BCUT2D eigenvalue weighted by Gasteiger charge is 2.27. The second-order valence-corrected chi connectivity index (χ2v) is 6.02. The Morgan fingerprint density at radius 3 is 2.79 bits per heavy atom. The lowest BCUT2D eigenvalue weighted by Crippen LogP contribution is -2.40. The van der Waals surface area contributed by atoms with Crippen LogP contribution in [0.5, 0.6) is 0 Å². The topological polar surface area (TPSA) is 71.5 Å². The van der Waals surface area contributed by atoms with Gasteiger partial charge in [0.15, 0.2) is 5.58 Å². The highest BCUT2D eigenvalue weighted by Crippen LogP contribution is 2.26. The molecule has 3 heterocycles. The summed E-state index contributed by atoms with van der Waals surface area (Å²) in [5.41, 5.74) is 1.66. The van der Waals surface area contributed by atoms with Gasteiger partial charge in [-0.3, -0.25) is 4.79 Å². The number of fused-ring (bicyclic) bond motifs is 1. The van der Waals surface area contributed by atoms with Crippen LogP contribution < -0.4 is 10.2 Å². The SMILES string of the molecule is O=C(NCc1ccco1)C1CCN(c2nc3ccccc3o2)CC1. The Balaban J connectivity index is 1.33. The van der Waals surface area contributed by atoms with Crippen molar-refractivity contribution >= 4 is 23.0 Å². The number of piperidine rings is 1. The summed E-state index contributed by atoms with van der Waals surface area (Å²) in [5.74, 6) is 0.886. The monoisotopic (exact) mass is 325 g/mol. The van der Waals surface area contributed by atoms with Crippen molar-refractivity contribution in [2.75, 3.05) is 18.0 Å². The zero-order chi connectivity index (χ0) is 16.4. The van der Waals surface area contributed by atoms with Gasteiger partial charge in [-0.25, -0.2) is 0 Å². The molecule has 124 valence electrons. The fraction of sp³-hybridized carbons (Fsp3) is 0.333. The third kappa shape index (κ3) is 2.99. The Bertz CT molecular complexity index is 784. The summed E-state index contributed by atoms with van der Waals surface area (Å²) in [6.07, 6.45) is 3.20. The van der Waals surface area contributed by atoms with Crippen molar-refractivity contribution in [1.29, 1.82) is 0 Å². The fourth-order valence-electron chi connectivity index (χ4n) is 3.06. The highest BCUT2D eigenvalue weighted by atomic mass is 16.4. The van der Waals surface area contributed by atoms with Crippen LogP contribution >= 0.6 is 0 Å². The number of nitrogens with zero attached hydrogens (tertiary/aromatic N) is 2. The van der Waals surface area contributed by atoms with E-state index in [2.05, 4.69) is 15.2 Å². The molecule has 0 bridgehead atoms. The second kappa shape index (κ2) is 6.39. The predicted molar refractivity (Wildman–Crippen MR) is 89.5 cm³/mol. The minimum atomic E-state index is 0.0283. The van der Waals surface area contributed by atoms with Crippen LogP contribution in [0.15, 0.2) is 51.5 Å². The van der Waals surface area contributed by atoms with Crippen LogP contribution in [0.2, 0.25) is 0 Å². The lowest BCUT2D eigenvalue weighted by atomic mass is 9.96. The molecule has 1 aliphatic rings. The molecule has 0 radical (unpaired) electrons. The van der Waals surface area contributed by atoms with Gasteiger partial charge in [-0.05, 0) is 37.1 Å². The fourth-order valence-corrected chi connectivity index (χ4v) is 3.06. The summed E-state index contributed by atoms with van der Waals surface area (Å²) >= 11 is 0. The van der Waals surface area contributed by atoms with Gasteiger partial charge in [-0.15, -0.1) is 0 Å². The van der Waals surface area contributed by atoms with Crippen molar-refractivity contribution < 1.29 is 13.6 Å². The van der Waals surface area contributed by atoms with E-state index >= 15 is 0 Å². The zero-order valence-corrected chi connectivity index (χ0v) is 13.3. The van der Waals surface area contributed by atoms with Crippen LogP contribution in [0.4, 0.5) is 6.01 Å². The van der Waals surface area contributed by atoms with E-state index in [1.54, 1.807) is 6.26 Å². The molecule has 0 atom stereocenters. The summed E-state index contributed by atoms with van der Waals surface area (Å²) in [6, 6.07) is 12.1. The van der Waals surface area contributed by atoms with E-state index in [1.807, 2.05) is 36.4 Å². The number of furan rings is 1. The van der Waals surface area contributed by atoms with Gasteiger partial charge in [-0.1, -0.05) is 12.1 Å². The zero-order valence-electron chi connectivity index (χ0n) is 13.3. The van der Waals surface area contributed by atoms with Gasteiger partial charge >= 0.3 is 0 Å². The number of aromatic nitrogens is 1. The van der Waals surface area contributed by atoms with Crippen molar-refractivity contribution in [2.45, 2.75) is 19.4 Å². The molecule has 6 heteroatoms. The molecule has 1 amide bonds. The smallest absolute Gasteiger partial charge is 0.298 e. The summed E-state index contributed by atoms with van der Waals surface area (Å²) in [6.45, 7) is 1.98. The Labute approximate surface area is 139 Å². The summed E-state index contributed by atoms with van der Waals surface area (Å²) in [7, 11) is 0. The number of carbonyl (C=O) groups is 1. The molecular formula is C18H19N3O3. The molecule has 6 nitrogen and oxygen atoms in total. The van der Waals surface area contributed by atoms with Crippen molar-refractivity contribution in [3.63, 3.8) is 0 Å². The number of para-hydroxylation sites is 2. The van der Waals surface area contributed by atoms with E-state index < -0.39 is 0 Å². The van der Waals surface area contributed by atoms with E-state index in [0.717, 1.165) is 42.8 Å². The third-order valence-corrected chi connectivity index (χ3v) is 4.44. The number of anilines is 1. The van der Waals surface area contributed by atoms with Gasteiger partial charge in [0.1, 0.15) is 11.3 Å². The molecule has 1 N–H and O–H groups in total. The number of rotatable bonds is 4. The van der Waals surface area contributed by atoms with Crippen LogP contribution in [0, 0.1) is 5.92 Å². The average Bonchev–Trinajstić information content (AvgIpc) is 3.29. The summed E-state index contributed by atoms with van der Waals surface area (Å²) in [5, 5.41) is 2.94. The number of nitrogens with one attached hydrogen (secondary N) is 1. The maximum Gasteiger partial charge on any atom is 0.298 e. The molecule has 0 aliphatic carbocycles. The van der Waals surface area contributed by atoms with E-state index in [4.69, 9.17) is 8.83 Å². The Kier molecular flexibility index (Phi) is 3.94. The van der Waals surface area contributed by atoms with Gasteiger partial charge < -0.3 is 19.1 Å². The minimum Gasteiger partial charge on any atom is -0.467 e. The number of carbonyl (C=O) groups excluding carboxylic acids is 1. The summed E-state index contributed by atoms with van der Waals surface area (Å²) in [4.78, 5) is 18.9. The van der Waals surface area contributed by atoms with E-state index in [9.17, 15) is 4.79 Å². The van der Waals surface area contributed by atoms with E-state index in [1.165, 1.54) is 0 Å². The molecule has 2 aromatic heterocycles. The van der Waals surface area contributed by atoms with Gasteiger partial charge in [0.2, 0.25) is 5.91 Å². The number of hydrogen-bond acceptors (Lipinski definition) is 5. The average molecular weight is 325 g/mol. The molecule has 24 heavy (non-hydrogen) atoms.